The zero-order chi connectivity index (χ0) is 19.8. The Morgan fingerprint density at radius 3 is 2.50 bits per heavy atom. The van der Waals surface area contributed by atoms with Gasteiger partial charge in [0.2, 0.25) is 0 Å². The lowest BCUT2D eigenvalue weighted by molar-refractivity contribution is -0.132. The zero-order valence-corrected chi connectivity index (χ0v) is 17.4. The molecular weight excluding hydrogens is 372 g/mol. The Morgan fingerprint density at radius 2 is 1.82 bits per heavy atom. The Morgan fingerprint density at radius 1 is 1.14 bits per heavy atom. The molecule has 1 aromatic carbocycles. The average Bonchev–Trinajstić information content (AvgIpc) is 3.26. The minimum absolute atomic E-state index is 0.0579. The molecule has 1 aliphatic carbocycles. The lowest BCUT2D eigenvalue weighted by Gasteiger charge is -2.23. The number of hydrogen-bond acceptors (Lipinski definition) is 4. The highest BCUT2D eigenvalue weighted by Crippen LogP contribution is 2.17. The molecule has 2 N–H and O–H groups in total. The number of benzene rings is 1. The Labute approximate surface area is 172 Å². The minimum Gasteiger partial charge on any atom is -0.484 e. The van der Waals surface area contributed by atoms with Crippen LogP contribution in [0, 0.1) is 0 Å². The van der Waals surface area contributed by atoms with Crippen LogP contribution in [0.5, 0.6) is 5.75 Å². The molecule has 152 valence electrons. The van der Waals surface area contributed by atoms with Crippen molar-refractivity contribution in [2.45, 2.75) is 57.9 Å². The highest BCUT2D eigenvalue weighted by molar-refractivity contribution is 7.80. The van der Waals surface area contributed by atoms with Crippen LogP contribution in [0.15, 0.2) is 29.4 Å². The summed E-state index contributed by atoms with van der Waals surface area (Å²) in [5.41, 5.74) is 4.76. The normalized spacial score (nSPS) is 18.0. The molecule has 1 aromatic rings. The summed E-state index contributed by atoms with van der Waals surface area (Å²) in [6.07, 6.45) is 8.38. The Hall–Kier alpha value is -2.15. The fraction of sp³-hybridized carbons (Fsp3) is 0.571. The number of rotatable bonds is 6. The number of carbonyl (C=O) groups excluding carboxylic acids is 1. The first-order chi connectivity index (χ1) is 13.6. The maximum absolute atomic E-state index is 12.0. The molecule has 0 atom stereocenters. The molecule has 0 bridgehead atoms. The number of hydrogen-bond donors (Lipinski definition) is 2. The van der Waals surface area contributed by atoms with E-state index in [0.29, 0.717) is 16.9 Å². The molecule has 2 aliphatic rings. The second kappa shape index (κ2) is 10.4. The van der Waals surface area contributed by atoms with Crippen LogP contribution in [0.2, 0.25) is 0 Å². The van der Waals surface area contributed by atoms with E-state index in [1.807, 2.05) is 36.1 Å². The summed E-state index contributed by atoms with van der Waals surface area (Å²) in [4.78, 5) is 13.9. The van der Waals surface area contributed by atoms with Crippen molar-refractivity contribution in [3.05, 3.63) is 29.8 Å². The van der Waals surface area contributed by atoms with Gasteiger partial charge in [-0.2, -0.15) is 5.10 Å². The van der Waals surface area contributed by atoms with Crippen molar-refractivity contribution in [3.63, 3.8) is 0 Å². The fourth-order valence-electron chi connectivity index (χ4n) is 3.66. The van der Waals surface area contributed by atoms with Gasteiger partial charge in [0.25, 0.3) is 5.91 Å². The first-order valence-electron chi connectivity index (χ1n) is 10.2. The first kappa shape index (κ1) is 20.6. The minimum atomic E-state index is 0.0579. The van der Waals surface area contributed by atoms with Gasteiger partial charge in [-0.25, -0.2) is 0 Å². The lowest BCUT2D eigenvalue weighted by Crippen LogP contribution is -2.41. The van der Waals surface area contributed by atoms with E-state index < -0.39 is 0 Å². The summed E-state index contributed by atoms with van der Waals surface area (Å²) in [7, 11) is 0. The van der Waals surface area contributed by atoms with E-state index in [4.69, 9.17) is 17.0 Å². The molecule has 2 fully saturated rings. The van der Waals surface area contributed by atoms with E-state index in [1.165, 1.54) is 32.1 Å². The van der Waals surface area contributed by atoms with Crippen LogP contribution in [0.1, 0.15) is 57.4 Å². The van der Waals surface area contributed by atoms with Gasteiger partial charge < -0.3 is 15.0 Å². The summed E-state index contributed by atoms with van der Waals surface area (Å²) in [6, 6.07) is 8.07. The van der Waals surface area contributed by atoms with E-state index in [2.05, 4.69) is 15.8 Å². The third kappa shape index (κ3) is 6.19. The highest BCUT2D eigenvalue weighted by Gasteiger charge is 2.18. The van der Waals surface area contributed by atoms with Crippen LogP contribution >= 0.6 is 12.2 Å². The summed E-state index contributed by atoms with van der Waals surface area (Å²) >= 11 is 5.34. The SMILES string of the molecule is C/C(=N/NC(=S)NC1CCCCC1)c1ccc(OCC(=O)N2CCCC2)cc1. The number of amides is 1. The van der Waals surface area contributed by atoms with Crippen LogP contribution < -0.4 is 15.5 Å². The average molecular weight is 403 g/mol. The van der Waals surface area contributed by atoms with E-state index >= 15 is 0 Å². The smallest absolute Gasteiger partial charge is 0.260 e. The predicted octanol–water partition coefficient (Wildman–Crippen LogP) is 3.21. The van der Waals surface area contributed by atoms with Crippen LogP contribution in [0.4, 0.5) is 0 Å². The van der Waals surface area contributed by atoms with Crippen molar-refractivity contribution in [1.29, 1.82) is 0 Å². The van der Waals surface area contributed by atoms with Crippen molar-refractivity contribution in [2.75, 3.05) is 19.7 Å². The van der Waals surface area contributed by atoms with Gasteiger partial charge >= 0.3 is 0 Å². The van der Waals surface area contributed by atoms with Gasteiger partial charge in [-0.1, -0.05) is 19.3 Å². The zero-order valence-electron chi connectivity index (χ0n) is 16.6. The number of likely N-dealkylation sites (tertiary alicyclic amines) is 1. The van der Waals surface area contributed by atoms with Crippen LogP contribution in [0.3, 0.4) is 0 Å². The molecule has 6 nitrogen and oxygen atoms in total. The fourth-order valence-corrected chi connectivity index (χ4v) is 3.87. The number of nitrogens with one attached hydrogen (secondary N) is 2. The second-order valence-corrected chi connectivity index (χ2v) is 7.93. The second-order valence-electron chi connectivity index (χ2n) is 7.52. The Bertz CT molecular complexity index is 693. The topological polar surface area (TPSA) is 66.0 Å². The summed E-state index contributed by atoms with van der Waals surface area (Å²) in [6.45, 7) is 3.72. The molecule has 1 amide bonds. The van der Waals surface area contributed by atoms with Gasteiger partial charge in [0.1, 0.15) is 5.75 Å². The largest absolute Gasteiger partial charge is 0.484 e. The van der Waals surface area contributed by atoms with Gasteiger partial charge in [0, 0.05) is 19.1 Å². The molecular formula is C21H30N4O2S. The Balaban J connectivity index is 1.44. The van der Waals surface area contributed by atoms with Crippen LogP contribution in [-0.2, 0) is 4.79 Å². The van der Waals surface area contributed by atoms with Gasteiger partial charge in [-0.05, 0) is 74.7 Å². The van der Waals surface area contributed by atoms with Gasteiger partial charge in [-0.15, -0.1) is 0 Å². The quantitative estimate of drug-likeness (QED) is 0.435. The first-order valence-corrected chi connectivity index (χ1v) is 10.6. The van der Waals surface area contributed by atoms with Crippen molar-refractivity contribution in [1.82, 2.24) is 15.6 Å². The van der Waals surface area contributed by atoms with Crippen molar-refractivity contribution in [3.8, 4) is 5.75 Å². The lowest BCUT2D eigenvalue weighted by atomic mass is 9.96. The van der Waals surface area contributed by atoms with E-state index in [-0.39, 0.29) is 12.5 Å². The van der Waals surface area contributed by atoms with E-state index in [9.17, 15) is 4.79 Å². The Kier molecular flexibility index (Phi) is 7.65. The van der Waals surface area contributed by atoms with E-state index in [0.717, 1.165) is 37.2 Å². The maximum Gasteiger partial charge on any atom is 0.260 e. The number of hydrazone groups is 1. The monoisotopic (exact) mass is 402 g/mol. The van der Waals surface area contributed by atoms with Crippen molar-refractivity contribution in [2.24, 2.45) is 5.10 Å². The summed E-state index contributed by atoms with van der Waals surface area (Å²) < 4.78 is 5.62. The maximum atomic E-state index is 12.0. The highest BCUT2D eigenvalue weighted by atomic mass is 32.1. The summed E-state index contributed by atoms with van der Waals surface area (Å²) in [5.74, 6) is 0.744. The third-order valence-electron chi connectivity index (χ3n) is 5.36. The molecule has 7 heteroatoms. The molecule has 1 saturated heterocycles. The van der Waals surface area contributed by atoms with Gasteiger partial charge in [-0.3, -0.25) is 10.2 Å². The number of nitrogens with zero attached hydrogens (tertiary/aromatic N) is 2. The molecule has 0 radical (unpaired) electrons. The van der Waals surface area contributed by atoms with E-state index in [1.54, 1.807) is 0 Å². The van der Waals surface area contributed by atoms with Crippen molar-refractivity contribution < 1.29 is 9.53 Å². The molecule has 0 spiro atoms. The van der Waals surface area contributed by atoms with Gasteiger partial charge in [0.15, 0.2) is 11.7 Å². The number of ether oxygens (including phenoxy) is 1. The van der Waals surface area contributed by atoms with Gasteiger partial charge in [0.05, 0.1) is 5.71 Å². The van der Waals surface area contributed by atoms with Crippen molar-refractivity contribution >= 4 is 28.9 Å². The molecule has 0 unspecified atom stereocenters. The van der Waals surface area contributed by atoms with Crippen LogP contribution in [-0.4, -0.2) is 47.4 Å². The standard InChI is InChI=1S/C21H30N4O2S/c1-16(23-24-21(28)22-18-7-3-2-4-8-18)17-9-11-19(12-10-17)27-15-20(26)25-13-5-6-14-25/h9-12,18H,2-8,13-15H2,1H3,(H2,22,24,28)/b23-16-. The predicted molar refractivity (Wildman–Crippen MR) is 116 cm³/mol. The number of thiocarbonyl (C=S) groups is 1. The third-order valence-corrected chi connectivity index (χ3v) is 5.57. The van der Waals surface area contributed by atoms with Crippen LogP contribution in [0.25, 0.3) is 0 Å². The molecule has 0 aromatic heterocycles. The molecule has 1 heterocycles. The molecule has 3 rings (SSSR count). The number of carbonyl (C=O) groups is 1. The summed E-state index contributed by atoms with van der Waals surface area (Å²) in [5, 5.41) is 8.30. The molecule has 1 aliphatic heterocycles. The molecule has 1 saturated carbocycles. The molecule has 28 heavy (non-hydrogen) atoms.